The Balaban J connectivity index is 1.71. The van der Waals surface area contributed by atoms with E-state index in [9.17, 15) is 4.79 Å². The summed E-state index contributed by atoms with van der Waals surface area (Å²) in [5, 5.41) is 7.65. The van der Waals surface area contributed by atoms with Gasteiger partial charge in [-0.25, -0.2) is 4.68 Å². The van der Waals surface area contributed by atoms with Crippen molar-refractivity contribution < 1.29 is 4.79 Å². The van der Waals surface area contributed by atoms with E-state index >= 15 is 0 Å². The zero-order valence-electron chi connectivity index (χ0n) is 18.0. The number of likely N-dealkylation sites (N-methyl/N-ethyl adjacent to an activating group) is 1. The average Bonchev–Trinajstić information content (AvgIpc) is 2.96. The number of nitrogens with zero attached hydrogens (tertiary/aromatic N) is 4. The molecule has 2 aromatic carbocycles. The van der Waals surface area contributed by atoms with Crippen LogP contribution in [0.25, 0.3) is 5.69 Å². The predicted octanol–water partition coefficient (Wildman–Crippen LogP) is 3.94. The number of aromatic nitrogens is 2. The maximum atomic E-state index is 12.7. The van der Waals surface area contributed by atoms with Gasteiger partial charge in [-0.2, -0.15) is 5.10 Å². The Morgan fingerprint density at radius 1 is 0.931 bits per heavy atom. The molecule has 0 aliphatic rings. The van der Waals surface area contributed by atoms with Gasteiger partial charge in [0.1, 0.15) is 0 Å². The summed E-state index contributed by atoms with van der Waals surface area (Å²) in [5.74, 6) is -0.0705. The molecule has 6 heteroatoms. The van der Waals surface area contributed by atoms with Gasteiger partial charge in [0.05, 0.1) is 29.3 Å². The first-order chi connectivity index (χ1) is 13.8. The number of hydrogen-bond acceptors (Lipinski definition) is 4. The molecule has 0 fully saturated rings. The van der Waals surface area contributed by atoms with Crippen molar-refractivity contribution in [2.75, 3.05) is 42.8 Å². The van der Waals surface area contributed by atoms with Crippen LogP contribution in [0.5, 0.6) is 0 Å². The van der Waals surface area contributed by atoms with Crippen LogP contribution in [-0.2, 0) is 4.79 Å². The summed E-state index contributed by atoms with van der Waals surface area (Å²) < 4.78 is 1.87. The standard InChI is InChI=1S/C23H29N5O/c1-16-7-9-21(10-8-16)28-18(3)23(17(2)25-28)24-22(29)15-27(6)20-13-11-19(12-14-20)26(4)5/h7-14H,15H2,1-6H3,(H,24,29). The van der Waals surface area contributed by atoms with E-state index in [1.54, 1.807) is 0 Å². The molecule has 0 saturated carbocycles. The maximum Gasteiger partial charge on any atom is 0.243 e. The van der Waals surface area contributed by atoms with E-state index in [4.69, 9.17) is 0 Å². The molecule has 1 N–H and O–H groups in total. The van der Waals surface area contributed by atoms with Crippen molar-refractivity contribution in [3.63, 3.8) is 0 Å². The number of carbonyl (C=O) groups is 1. The van der Waals surface area contributed by atoms with E-state index < -0.39 is 0 Å². The molecule has 0 saturated heterocycles. The lowest BCUT2D eigenvalue weighted by Gasteiger charge is -2.20. The van der Waals surface area contributed by atoms with Gasteiger partial charge in [-0.15, -0.1) is 0 Å². The minimum absolute atomic E-state index is 0.0705. The Morgan fingerprint density at radius 2 is 1.52 bits per heavy atom. The molecule has 0 aliphatic heterocycles. The van der Waals surface area contributed by atoms with Crippen molar-refractivity contribution in [3.05, 3.63) is 65.5 Å². The second kappa shape index (κ2) is 8.39. The molecule has 0 unspecified atom stereocenters. The summed E-state index contributed by atoms with van der Waals surface area (Å²) in [4.78, 5) is 16.7. The van der Waals surface area contributed by atoms with E-state index in [-0.39, 0.29) is 12.5 Å². The van der Waals surface area contributed by atoms with Crippen LogP contribution >= 0.6 is 0 Å². The normalized spacial score (nSPS) is 10.7. The van der Waals surface area contributed by atoms with Crippen LogP contribution in [-0.4, -0.2) is 43.4 Å². The van der Waals surface area contributed by atoms with Crippen molar-refractivity contribution >= 4 is 23.0 Å². The third kappa shape index (κ3) is 4.59. The minimum Gasteiger partial charge on any atom is -0.378 e. The lowest BCUT2D eigenvalue weighted by molar-refractivity contribution is -0.114. The molecule has 0 atom stereocenters. The van der Waals surface area contributed by atoms with E-state index in [1.807, 2.05) is 85.9 Å². The predicted molar refractivity (Wildman–Crippen MR) is 120 cm³/mol. The van der Waals surface area contributed by atoms with E-state index in [0.29, 0.717) is 0 Å². The summed E-state index contributed by atoms with van der Waals surface area (Å²) in [5.41, 5.74) is 6.79. The highest BCUT2D eigenvalue weighted by Crippen LogP contribution is 2.23. The van der Waals surface area contributed by atoms with Crippen molar-refractivity contribution in [3.8, 4) is 5.69 Å². The summed E-state index contributed by atoms with van der Waals surface area (Å²) in [6.07, 6.45) is 0. The van der Waals surface area contributed by atoms with Crippen LogP contribution in [0.15, 0.2) is 48.5 Å². The number of rotatable bonds is 6. The monoisotopic (exact) mass is 391 g/mol. The molecule has 0 aliphatic carbocycles. The van der Waals surface area contributed by atoms with Crippen molar-refractivity contribution in [1.82, 2.24) is 9.78 Å². The molecule has 1 amide bonds. The Labute approximate surface area is 172 Å². The minimum atomic E-state index is -0.0705. The van der Waals surface area contributed by atoms with Gasteiger partial charge < -0.3 is 15.1 Å². The molecule has 0 spiro atoms. The van der Waals surface area contributed by atoms with Crippen molar-refractivity contribution in [2.45, 2.75) is 20.8 Å². The summed E-state index contributed by atoms with van der Waals surface area (Å²) in [6, 6.07) is 16.3. The molecular weight excluding hydrogens is 362 g/mol. The van der Waals surface area contributed by atoms with Gasteiger partial charge in [-0.1, -0.05) is 17.7 Å². The van der Waals surface area contributed by atoms with Gasteiger partial charge in [0.25, 0.3) is 0 Å². The summed E-state index contributed by atoms with van der Waals surface area (Å²) >= 11 is 0. The fraction of sp³-hybridized carbons (Fsp3) is 0.304. The zero-order chi connectivity index (χ0) is 21.1. The lowest BCUT2D eigenvalue weighted by Crippen LogP contribution is -2.30. The maximum absolute atomic E-state index is 12.7. The lowest BCUT2D eigenvalue weighted by atomic mass is 10.2. The number of hydrogen-bond donors (Lipinski definition) is 1. The Bertz CT molecular complexity index is 987. The topological polar surface area (TPSA) is 53.4 Å². The third-order valence-electron chi connectivity index (χ3n) is 5.02. The number of nitrogens with one attached hydrogen (secondary N) is 1. The third-order valence-corrected chi connectivity index (χ3v) is 5.02. The summed E-state index contributed by atoms with van der Waals surface area (Å²) in [6.45, 7) is 6.20. The zero-order valence-corrected chi connectivity index (χ0v) is 18.0. The van der Waals surface area contributed by atoms with Crippen molar-refractivity contribution in [1.29, 1.82) is 0 Å². The molecule has 1 aromatic heterocycles. The van der Waals surface area contributed by atoms with Crippen LogP contribution in [0.3, 0.4) is 0 Å². The fourth-order valence-corrected chi connectivity index (χ4v) is 3.25. The molecule has 3 aromatic rings. The molecule has 152 valence electrons. The van der Waals surface area contributed by atoms with E-state index in [1.165, 1.54) is 5.56 Å². The number of anilines is 3. The molecule has 0 bridgehead atoms. The second-order valence-corrected chi connectivity index (χ2v) is 7.61. The Hall–Kier alpha value is -3.28. The van der Waals surface area contributed by atoms with Gasteiger partial charge in [0.15, 0.2) is 0 Å². The first-order valence-corrected chi connectivity index (χ1v) is 9.68. The molecule has 0 radical (unpaired) electrons. The Morgan fingerprint density at radius 3 is 2.10 bits per heavy atom. The number of benzene rings is 2. The van der Waals surface area contributed by atoms with Gasteiger partial charge in [0, 0.05) is 32.5 Å². The van der Waals surface area contributed by atoms with Crippen LogP contribution in [0, 0.1) is 20.8 Å². The van der Waals surface area contributed by atoms with Crippen LogP contribution < -0.4 is 15.1 Å². The molecule has 1 heterocycles. The molecule has 6 nitrogen and oxygen atoms in total. The highest BCUT2D eigenvalue weighted by atomic mass is 16.2. The first-order valence-electron chi connectivity index (χ1n) is 9.68. The molecule has 29 heavy (non-hydrogen) atoms. The van der Waals surface area contributed by atoms with Gasteiger partial charge in [-0.3, -0.25) is 4.79 Å². The quantitative estimate of drug-likeness (QED) is 0.692. The van der Waals surface area contributed by atoms with Crippen LogP contribution in [0.2, 0.25) is 0 Å². The van der Waals surface area contributed by atoms with Crippen LogP contribution in [0.1, 0.15) is 17.0 Å². The second-order valence-electron chi connectivity index (χ2n) is 7.61. The van der Waals surface area contributed by atoms with E-state index in [0.717, 1.165) is 34.1 Å². The first kappa shape index (κ1) is 20.5. The van der Waals surface area contributed by atoms with Crippen molar-refractivity contribution in [2.24, 2.45) is 0 Å². The molecular formula is C23H29N5O. The highest BCUT2D eigenvalue weighted by molar-refractivity contribution is 5.95. The average molecular weight is 392 g/mol. The van der Waals surface area contributed by atoms with Crippen LogP contribution in [0.4, 0.5) is 17.1 Å². The number of carbonyl (C=O) groups excluding carboxylic acids is 1. The van der Waals surface area contributed by atoms with Gasteiger partial charge in [-0.05, 0) is 57.2 Å². The Kier molecular flexibility index (Phi) is 5.92. The summed E-state index contributed by atoms with van der Waals surface area (Å²) in [7, 11) is 5.93. The SMILES string of the molecule is Cc1ccc(-n2nc(C)c(NC(=O)CN(C)c3ccc(N(C)C)cc3)c2C)cc1. The van der Waals surface area contributed by atoms with Gasteiger partial charge in [0.2, 0.25) is 5.91 Å². The highest BCUT2D eigenvalue weighted by Gasteiger charge is 2.16. The van der Waals surface area contributed by atoms with Gasteiger partial charge >= 0.3 is 0 Å². The number of aryl methyl sites for hydroxylation is 2. The molecule has 3 rings (SSSR count). The smallest absolute Gasteiger partial charge is 0.243 e. The largest absolute Gasteiger partial charge is 0.378 e. The number of amides is 1. The fourth-order valence-electron chi connectivity index (χ4n) is 3.25. The van der Waals surface area contributed by atoms with E-state index in [2.05, 4.69) is 29.5 Å².